The number of hydrogen-bond acceptors (Lipinski definition) is 4. The van der Waals surface area contributed by atoms with Gasteiger partial charge in [0.05, 0.1) is 0 Å². The molecule has 1 atom stereocenters. The van der Waals surface area contributed by atoms with Gasteiger partial charge in [0.2, 0.25) is 0 Å². The molecule has 1 unspecified atom stereocenters. The van der Waals surface area contributed by atoms with Gasteiger partial charge in [-0.05, 0) is 50.9 Å². The highest BCUT2D eigenvalue weighted by Crippen LogP contribution is 2.22. The second-order valence-electron chi connectivity index (χ2n) is 6.08. The molecule has 0 bridgehead atoms. The van der Waals surface area contributed by atoms with E-state index in [2.05, 4.69) is 21.5 Å². The van der Waals surface area contributed by atoms with Crippen LogP contribution in [0.1, 0.15) is 25.1 Å². The molecule has 5 nitrogen and oxygen atoms in total. The number of likely N-dealkylation sites (tertiary alicyclic amines) is 1. The highest BCUT2D eigenvalue weighted by Gasteiger charge is 2.21. The quantitative estimate of drug-likeness (QED) is 0.910. The van der Waals surface area contributed by atoms with Crippen molar-refractivity contribution < 1.29 is 5.11 Å². The minimum absolute atomic E-state index is 0.206. The molecule has 0 radical (unpaired) electrons. The Morgan fingerprint density at radius 2 is 2.33 bits per heavy atom. The van der Waals surface area contributed by atoms with Crippen molar-refractivity contribution in [3.63, 3.8) is 0 Å². The molecule has 1 saturated heterocycles. The minimum Gasteiger partial charge on any atom is -0.396 e. The zero-order valence-electron chi connectivity index (χ0n) is 12.7. The van der Waals surface area contributed by atoms with Gasteiger partial charge >= 0.3 is 0 Å². The summed E-state index contributed by atoms with van der Waals surface area (Å²) in [6.07, 6.45) is 6.13. The molecule has 2 aromatic rings. The summed E-state index contributed by atoms with van der Waals surface area (Å²) in [6, 6.07) is 3.96. The van der Waals surface area contributed by atoms with Crippen LogP contribution in [-0.2, 0) is 13.0 Å². The third-order valence-electron chi connectivity index (χ3n) is 4.32. The summed E-state index contributed by atoms with van der Waals surface area (Å²) in [4.78, 5) is 11.7. The second kappa shape index (κ2) is 6.54. The standard InChI is InChI=1S/C16H24N4O/c1-19-8-3-5-13(12-19)11-15-18-14-6-2-7-17-16(14)20(15)9-4-10-21/h2,6-7,13,21H,3-5,8-12H2,1H3. The fourth-order valence-corrected chi connectivity index (χ4v) is 3.32. The summed E-state index contributed by atoms with van der Waals surface area (Å²) in [5.74, 6) is 1.80. The number of aromatic nitrogens is 3. The molecule has 1 N–H and O–H groups in total. The molecule has 21 heavy (non-hydrogen) atoms. The van der Waals surface area contributed by atoms with E-state index >= 15 is 0 Å². The van der Waals surface area contributed by atoms with Gasteiger partial charge < -0.3 is 14.6 Å². The van der Waals surface area contributed by atoms with Crippen molar-refractivity contribution in [2.75, 3.05) is 26.7 Å². The van der Waals surface area contributed by atoms with Crippen LogP contribution in [0.15, 0.2) is 18.3 Å². The van der Waals surface area contributed by atoms with Gasteiger partial charge in [0.1, 0.15) is 11.3 Å². The Kier molecular flexibility index (Phi) is 4.51. The van der Waals surface area contributed by atoms with Crippen LogP contribution >= 0.6 is 0 Å². The van der Waals surface area contributed by atoms with Crippen molar-refractivity contribution in [3.8, 4) is 0 Å². The van der Waals surface area contributed by atoms with Crippen LogP contribution in [0.2, 0.25) is 0 Å². The number of aliphatic hydroxyl groups excluding tert-OH is 1. The molecule has 0 amide bonds. The summed E-state index contributed by atoms with van der Waals surface area (Å²) in [6.45, 7) is 3.36. The van der Waals surface area contributed by atoms with Crippen molar-refractivity contribution in [1.82, 2.24) is 19.4 Å². The van der Waals surface area contributed by atoms with Gasteiger partial charge in [0.15, 0.2) is 5.65 Å². The molecule has 114 valence electrons. The maximum Gasteiger partial charge on any atom is 0.159 e. The van der Waals surface area contributed by atoms with Crippen LogP contribution < -0.4 is 0 Å². The Morgan fingerprint density at radius 3 is 3.14 bits per heavy atom. The van der Waals surface area contributed by atoms with Gasteiger partial charge in [-0.15, -0.1) is 0 Å². The van der Waals surface area contributed by atoms with E-state index in [4.69, 9.17) is 10.1 Å². The number of aryl methyl sites for hydroxylation is 1. The fourth-order valence-electron chi connectivity index (χ4n) is 3.32. The van der Waals surface area contributed by atoms with E-state index in [1.165, 1.54) is 19.4 Å². The molecule has 0 spiro atoms. The van der Waals surface area contributed by atoms with Gasteiger partial charge in [0.25, 0.3) is 0 Å². The zero-order valence-corrected chi connectivity index (χ0v) is 12.7. The van der Waals surface area contributed by atoms with Gasteiger partial charge in [-0.3, -0.25) is 0 Å². The normalized spacial score (nSPS) is 20.2. The van der Waals surface area contributed by atoms with Gasteiger partial charge in [0, 0.05) is 32.3 Å². The Balaban J connectivity index is 1.85. The first-order chi connectivity index (χ1) is 10.3. The third-order valence-corrected chi connectivity index (χ3v) is 4.32. The van der Waals surface area contributed by atoms with Crippen molar-refractivity contribution in [1.29, 1.82) is 0 Å². The summed E-state index contributed by atoms with van der Waals surface area (Å²) < 4.78 is 2.19. The van der Waals surface area contributed by atoms with E-state index < -0.39 is 0 Å². The summed E-state index contributed by atoms with van der Waals surface area (Å²) >= 11 is 0. The highest BCUT2D eigenvalue weighted by molar-refractivity contribution is 5.71. The lowest BCUT2D eigenvalue weighted by molar-refractivity contribution is 0.206. The number of fused-ring (bicyclic) bond motifs is 1. The smallest absolute Gasteiger partial charge is 0.159 e. The minimum atomic E-state index is 0.206. The lowest BCUT2D eigenvalue weighted by Crippen LogP contribution is -2.33. The molecule has 0 aromatic carbocycles. The third kappa shape index (κ3) is 3.24. The summed E-state index contributed by atoms with van der Waals surface area (Å²) in [7, 11) is 2.20. The van der Waals surface area contributed by atoms with Crippen LogP contribution in [-0.4, -0.2) is 51.3 Å². The van der Waals surface area contributed by atoms with Crippen LogP contribution in [0, 0.1) is 5.92 Å². The molecule has 5 heteroatoms. The molecular weight excluding hydrogens is 264 g/mol. The van der Waals surface area contributed by atoms with Crippen LogP contribution in [0.3, 0.4) is 0 Å². The molecule has 1 aliphatic rings. The van der Waals surface area contributed by atoms with E-state index in [9.17, 15) is 0 Å². The maximum atomic E-state index is 9.12. The first-order valence-electron chi connectivity index (χ1n) is 7.87. The van der Waals surface area contributed by atoms with E-state index in [0.29, 0.717) is 5.92 Å². The van der Waals surface area contributed by atoms with Crippen LogP contribution in [0.4, 0.5) is 0 Å². The zero-order chi connectivity index (χ0) is 14.7. The molecule has 3 heterocycles. The number of aliphatic hydroxyl groups is 1. The summed E-state index contributed by atoms with van der Waals surface area (Å²) in [5.41, 5.74) is 1.92. The topological polar surface area (TPSA) is 54.2 Å². The maximum absolute atomic E-state index is 9.12. The number of hydrogen-bond donors (Lipinski definition) is 1. The van der Waals surface area contributed by atoms with Gasteiger partial charge in [-0.25, -0.2) is 9.97 Å². The highest BCUT2D eigenvalue weighted by atomic mass is 16.3. The lowest BCUT2D eigenvalue weighted by atomic mass is 9.95. The van der Waals surface area contributed by atoms with E-state index in [-0.39, 0.29) is 6.61 Å². The van der Waals surface area contributed by atoms with Crippen molar-refractivity contribution in [2.24, 2.45) is 5.92 Å². The number of piperidine rings is 1. The largest absolute Gasteiger partial charge is 0.396 e. The Morgan fingerprint density at radius 1 is 1.43 bits per heavy atom. The summed E-state index contributed by atoms with van der Waals surface area (Å²) in [5, 5.41) is 9.12. The SMILES string of the molecule is CN1CCCC(Cc2nc3cccnc3n2CCCO)C1. The Hall–Kier alpha value is -1.46. The second-order valence-corrected chi connectivity index (χ2v) is 6.08. The fraction of sp³-hybridized carbons (Fsp3) is 0.625. The predicted octanol–water partition coefficient (Wildman–Crippen LogP) is 1.70. The first kappa shape index (κ1) is 14.5. The molecule has 2 aromatic heterocycles. The number of imidazole rings is 1. The van der Waals surface area contributed by atoms with E-state index in [1.807, 2.05) is 18.3 Å². The number of nitrogens with zero attached hydrogens (tertiary/aromatic N) is 4. The Bertz CT molecular complexity index is 595. The monoisotopic (exact) mass is 288 g/mol. The Labute approximate surface area is 125 Å². The molecule has 1 fully saturated rings. The van der Waals surface area contributed by atoms with Crippen molar-refractivity contribution in [2.45, 2.75) is 32.2 Å². The molecule has 1 aliphatic heterocycles. The van der Waals surface area contributed by atoms with Gasteiger partial charge in [-0.1, -0.05) is 0 Å². The number of pyridine rings is 1. The van der Waals surface area contributed by atoms with E-state index in [0.717, 1.165) is 42.9 Å². The lowest BCUT2D eigenvalue weighted by Gasteiger charge is -2.29. The van der Waals surface area contributed by atoms with Crippen LogP contribution in [0.25, 0.3) is 11.2 Å². The average Bonchev–Trinajstić information content (AvgIpc) is 2.82. The average molecular weight is 288 g/mol. The predicted molar refractivity (Wildman–Crippen MR) is 83.2 cm³/mol. The molecule has 3 rings (SSSR count). The molecule has 0 saturated carbocycles. The van der Waals surface area contributed by atoms with Crippen molar-refractivity contribution >= 4 is 11.2 Å². The first-order valence-corrected chi connectivity index (χ1v) is 7.87. The van der Waals surface area contributed by atoms with Crippen LogP contribution in [0.5, 0.6) is 0 Å². The van der Waals surface area contributed by atoms with Gasteiger partial charge in [-0.2, -0.15) is 0 Å². The van der Waals surface area contributed by atoms with E-state index in [1.54, 1.807) is 0 Å². The molecule has 0 aliphatic carbocycles. The molecular formula is C16H24N4O. The van der Waals surface area contributed by atoms with Crippen molar-refractivity contribution in [3.05, 3.63) is 24.2 Å². The number of rotatable bonds is 5.